The van der Waals surface area contributed by atoms with Gasteiger partial charge in [0.15, 0.2) is 5.13 Å². The van der Waals surface area contributed by atoms with E-state index in [0.29, 0.717) is 5.88 Å². The summed E-state index contributed by atoms with van der Waals surface area (Å²) in [6.45, 7) is 6.11. The largest absolute Gasteiger partial charge is 0.338 e. The predicted molar refractivity (Wildman–Crippen MR) is 126 cm³/mol. The Morgan fingerprint density at radius 2 is 2.00 bits per heavy atom. The first kappa shape index (κ1) is 21.1. The van der Waals surface area contributed by atoms with E-state index in [2.05, 4.69) is 25.5 Å². The normalized spacial score (nSPS) is 11.9. The fourth-order valence-corrected chi connectivity index (χ4v) is 4.33. The maximum absolute atomic E-state index is 12.5. The van der Waals surface area contributed by atoms with Gasteiger partial charge >= 0.3 is 0 Å². The molecule has 0 aliphatic rings. The highest BCUT2D eigenvalue weighted by Gasteiger charge is 2.20. The van der Waals surface area contributed by atoms with Gasteiger partial charge in [-0.2, -0.15) is 5.10 Å². The van der Waals surface area contributed by atoms with Crippen LogP contribution in [0.25, 0.3) is 27.3 Å². The molecular formula is C23H23N7O2S. The van der Waals surface area contributed by atoms with Crippen molar-refractivity contribution in [1.82, 2.24) is 29.5 Å². The summed E-state index contributed by atoms with van der Waals surface area (Å²) >= 11 is 1.45. The van der Waals surface area contributed by atoms with E-state index in [0.717, 1.165) is 37.9 Å². The quantitative estimate of drug-likeness (QED) is 0.417. The zero-order valence-electron chi connectivity index (χ0n) is 18.7. The molecule has 0 spiro atoms. The van der Waals surface area contributed by atoms with E-state index in [1.165, 1.54) is 11.3 Å². The van der Waals surface area contributed by atoms with E-state index in [-0.39, 0.29) is 17.7 Å². The Bertz CT molecular complexity index is 1450. The zero-order chi connectivity index (χ0) is 23.2. The Balaban J connectivity index is 1.31. The average Bonchev–Trinajstić information content (AvgIpc) is 3.53. The van der Waals surface area contributed by atoms with Gasteiger partial charge in [0, 0.05) is 41.4 Å². The van der Waals surface area contributed by atoms with Crippen LogP contribution in [0.1, 0.15) is 31.3 Å². The number of amides is 1. The third kappa shape index (κ3) is 4.29. The fourth-order valence-electron chi connectivity index (χ4n) is 3.43. The third-order valence-electron chi connectivity index (χ3n) is 5.21. The van der Waals surface area contributed by atoms with E-state index in [1.54, 1.807) is 23.3 Å². The molecule has 1 amide bonds. The topological polar surface area (TPSA) is 104 Å². The highest BCUT2D eigenvalue weighted by molar-refractivity contribution is 7.14. The van der Waals surface area contributed by atoms with Gasteiger partial charge in [0.25, 0.3) is 0 Å². The number of anilines is 1. The van der Waals surface area contributed by atoms with Crippen molar-refractivity contribution in [2.24, 2.45) is 7.05 Å². The van der Waals surface area contributed by atoms with Crippen molar-refractivity contribution in [2.45, 2.75) is 32.6 Å². The molecule has 33 heavy (non-hydrogen) atoms. The van der Waals surface area contributed by atoms with Crippen LogP contribution in [0.5, 0.6) is 0 Å². The molecule has 0 aliphatic heterocycles. The summed E-state index contributed by atoms with van der Waals surface area (Å²) in [6.07, 6.45) is 7.47. The van der Waals surface area contributed by atoms with E-state index < -0.39 is 0 Å². The number of rotatable bonds is 5. The Kier molecular flexibility index (Phi) is 5.09. The summed E-state index contributed by atoms with van der Waals surface area (Å²) < 4.78 is 8.95. The summed E-state index contributed by atoms with van der Waals surface area (Å²) in [7, 11) is 1.89. The van der Waals surface area contributed by atoms with Crippen LogP contribution >= 0.6 is 11.3 Å². The lowest BCUT2D eigenvalue weighted by atomic mass is 9.92. The van der Waals surface area contributed by atoms with Gasteiger partial charge in [-0.15, -0.1) is 11.3 Å². The van der Waals surface area contributed by atoms with Crippen LogP contribution in [0.3, 0.4) is 0 Å². The third-order valence-corrected chi connectivity index (χ3v) is 6.21. The lowest BCUT2D eigenvalue weighted by Gasteiger charge is -2.12. The lowest BCUT2D eigenvalue weighted by molar-refractivity contribution is -0.115. The van der Waals surface area contributed by atoms with Crippen LogP contribution in [0, 0.1) is 0 Å². The standard InChI is InChI=1S/C23H23N7O2S/c1-23(2,3)19-9-21(32-28-19)27-20(31)8-16-11-24-22(33-16)30-13-25-17-7-14(5-6-18(17)30)15-10-26-29(4)12-15/h5-7,9-13H,8H2,1-4H3,(H,27,31). The molecule has 10 heteroatoms. The number of benzene rings is 1. The van der Waals surface area contributed by atoms with E-state index in [1.807, 2.05) is 63.0 Å². The highest BCUT2D eigenvalue weighted by Crippen LogP contribution is 2.27. The summed E-state index contributed by atoms with van der Waals surface area (Å²) in [5.41, 5.74) is 4.55. The second-order valence-electron chi connectivity index (χ2n) is 8.88. The van der Waals surface area contributed by atoms with Gasteiger partial charge in [0.05, 0.1) is 29.3 Å². The monoisotopic (exact) mass is 461 g/mol. The van der Waals surface area contributed by atoms with E-state index in [9.17, 15) is 4.79 Å². The van der Waals surface area contributed by atoms with Gasteiger partial charge < -0.3 is 4.52 Å². The molecule has 0 aliphatic carbocycles. The fraction of sp³-hybridized carbons (Fsp3) is 0.261. The molecule has 9 nitrogen and oxygen atoms in total. The molecule has 0 bridgehead atoms. The Morgan fingerprint density at radius 1 is 1.15 bits per heavy atom. The first-order chi connectivity index (χ1) is 15.8. The second-order valence-corrected chi connectivity index (χ2v) is 9.97. The molecule has 0 atom stereocenters. The highest BCUT2D eigenvalue weighted by atomic mass is 32.1. The number of thiazole rings is 1. The molecule has 0 radical (unpaired) electrons. The number of hydrogen-bond acceptors (Lipinski definition) is 7. The number of hydrogen-bond donors (Lipinski definition) is 1. The second kappa shape index (κ2) is 7.96. The molecule has 4 aromatic heterocycles. The molecule has 5 rings (SSSR count). The van der Waals surface area contributed by atoms with Crippen molar-refractivity contribution in [3.63, 3.8) is 0 Å². The van der Waals surface area contributed by atoms with Crippen molar-refractivity contribution in [1.29, 1.82) is 0 Å². The van der Waals surface area contributed by atoms with Crippen LogP contribution in [0.4, 0.5) is 5.88 Å². The number of nitrogens with one attached hydrogen (secondary N) is 1. The number of nitrogens with zero attached hydrogens (tertiary/aromatic N) is 6. The number of carbonyl (C=O) groups is 1. The van der Waals surface area contributed by atoms with Crippen LogP contribution in [0.15, 0.2) is 53.7 Å². The van der Waals surface area contributed by atoms with Gasteiger partial charge in [0.2, 0.25) is 11.8 Å². The SMILES string of the molecule is Cn1cc(-c2ccc3c(c2)ncn3-c2ncc(CC(=O)Nc3cc(C(C)(C)C)no3)s2)cn1. The summed E-state index contributed by atoms with van der Waals surface area (Å²) in [5.74, 6) is 0.165. The first-order valence-electron chi connectivity index (χ1n) is 10.4. The molecule has 0 saturated carbocycles. The Hall–Kier alpha value is -3.79. The van der Waals surface area contributed by atoms with Crippen molar-refractivity contribution < 1.29 is 9.32 Å². The predicted octanol–water partition coefficient (Wildman–Crippen LogP) is 4.35. The van der Waals surface area contributed by atoms with E-state index in [4.69, 9.17) is 4.52 Å². The van der Waals surface area contributed by atoms with Gasteiger partial charge in [0.1, 0.15) is 6.33 Å². The molecule has 168 valence electrons. The number of aryl methyl sites for hydroxylation is 1. The minimum atomic E-state index is -0.182. The zero-order valence-corrected chi connectivity index (χ0v) is 19.6. The van der Waals surface area contributed by atoms with Crippen molar-refractivity contribution in [3.8, 4) is 16.3 Å². The first-order valence-corrected chi connectivity index (χ1v) is 11.3. The summed E-state index contributed by atoms with van der Waals surface area (Å²) in [6, 6.07) is 7.86. The minimum absolute atomic E-state index is 0.147. The Morgan fingerprint density at radius 3 is 2.73 bits per heavy atom. The van der Waals surface area contributed by atoms with Gasteiger partial charge in [-0.25, -0.2) is 9.97 Å². The number of fused-ring (bicyclic) bond motifs is 1. The molecule has 5 aromatic rings. The van der Waals surface area contributed by atoms with Gasteiger partial charge in [-0.1, -0.05) is 32.0 Å². The maximum Gasteiger partial charge on any atom is 0.232 e. The molecular weight excluding hydrogens is 438 g/mol. The van der Waals surface area contributed by atoms with Crippen LogP contribution in [0.2, 0.25) is 0 Å². The van der Waals surface area contributed by atoms with Gasteiger partial charge in [-0.05, 0) is 17.7 Å². The minimum Gasteiger partial charge on any atom is -0.338 e. The summed E-state index contributed by atoms with van der Waals surface area (Å²) in [4.78, 5) is 22.4. The van der Waals surface area contributed by atoms with Crippen molar-refractivity contribution >= 4 is 34.2 Å². The van der Waals surface area contributed by atoms with Crippen LogP contribution < -0.4 is 5.32 Å². The molecule has 4 heterocycles. The molecule has 0 saturated heterocycles. The van der Waals surface area contributed by atoms with Crippen LogP contribution in [-0.4, -0.2) is 35.4 Å². The van der Waals surface area contributed by atoms with E-state index >= 15 is 0 Å². The number of imidazole rings is 1. The number of aromatic nitrogens is 6. The molecule has 1 N–H and O–H groups in total. The van der Waals surface area contributed by atoms with Crippen molar-refractivity contribution in [2.75, 3.05) is 5.32 Å². The van der Waals surface area contributed by atoms with Gasteiger partial charge in [-0.3, -0.25) is 19.4 Å². The summed E-state index contributed by atoms with van der Waals surface area (Å²) in [5, 5.41) is 11.8. The molecule has 0 unspecified atom stereocenters. The maximum atomic E-state index is 12.5. The van der Waals surface area contributed by atoms with Crippen molar-refractivity contribution in [3.05, 3.63) is 59.8 Å². The Labute approximate surface area is 194 Å². The van der Waals surface area contributed by atoms with Crippen LogP contribution in [-0.2, 0) is 23.7 Å². The average molecular weight is 462 g/mol. The molecule has 0 fully saturated rings. The lowest BCUT2D eigenvalue weighted by Crippen LogP contribution is -2.13. The number of carbonyl (C=O) groups excluding carboxylic acids is 1. The smallest absolute Gasteiger partial charge is 0.232 e. The molecule has 1 aromatic carbocycles.